The number of hydrogen-bond donors (Lipinski definition) is 1. The Hall–Kier alpha value is 0.0400. The molecular weight excluding hydrogens is 308 g/mol. The highest BCUT2D eigenvalue weighted by molar-refractivity contribution is 14.1. The molecule has 1 aliphatic carbocycles. The first kappa shape index (κ1) is 10.6. The molecular formula is C11H13ClIN. The van der Waals surface area contributed by atoms with Gasteiger partial charge in [-0.3, -0.25) is 0 Å². The Labute approximate surface area is 103 Å². The molecule has 0 unspecified atom stereocenters. The van der Waals surface area contributed by atoms with Gasteiger partial charge in [-0.05, 0) is 59.5 Å². The van der Waals surface area contributed by atoms with E-state index in [4.69, 9.17) is 11.6 Å². The first-order valence-corrected chi connectivity index (χ1v) is 6.32. The Morgan fingerprint density at radius 1 is 1.43 bits per heavy atom. The minimum Gasteiger partial charge on any atom is -0.381 e. The van der Waals surface area contributed by atoms with Crippen LogP contribution in [0, 0.1) is 9.49 Å². The molecule has 0 radical (unpaired) electrons. The standard InChI is InChI=1S/C11H13ClIN/c1-7-4-9(5-7)14-11-3-2-8(12)6-10(11)13/h2-3,6-7,9,14H,4-5H2,1H3. The summed E-state index contributed by atoms with van der Waals surface area (Å²) in [6.45, 7) is 2.30. The van der Waals surface area contributed by atoms with Gasteiger partial charge in [0.25, 0.3) is 0 Å². The second kappa shape index (κ2) is 4.27. The van der Waals surface area contributed by atoms with Crippen LogP contribution < -0.4 is 5.32 Å². The summed E-state index contributed by atoms with van der Waals surface area (Å²) in [5, 5.41) is 4.35. The lowest BCUT2D eigenvalue weighted by atomic mass is 9.82. The third-order valence-corrected chi connectivity index (χ3v) is 3.79. The normalized spacial score (nSPS) is 25.6. The third-order valence-electron chi connectivity index (χ3n) is 2.66. The summed E-state index contributed by atoms with van der Waals surface area (Å²) in [6.07, 6.45) is 2.58. The van der Waals surface area contributed by atoms with Crippen molar-refractivity contribution in [2.75, 3.05) is 5.32 Å². The molecule has 1 nitrogen and oxygen atoms in total. The van der Waals surface area contributed by atoms with E-state index in [1.807, 2.05) is 12.1 Å². The number of halogens is 2. The number of nitrogens with one attached hydrogen (secondary N) is 1. The highest BCUT2D eigenvalue weighted by Gasteiger charge is 2.25. The molecule has 1 fully saturated rings. The predicted molar refractivity (Wildman–Crippen MR) is 70.0 cm³/mol. The largest absolute Gasteiger partial charge is 0.381 e. The quantitative estimate of drug-likeness (QED) is 0.807. The maximum atomic E-state index is 5.89. The van der Waals surface area contributed by atoms with Gasteiger partial charge in [0, 0.05) is 20.3 Å². The smallest absolute Gasteiger partial charge is 0.0479 e. The maximum Gasteiger partial charge on any atom is 0.0479 e. The second-order valence-corrected chi connectivity index (χ2v) is 5.64. The lowest BCUT2D eigenvalue weighted by Crippen LogP contribution is -2.33. The number of rotatable bonds is 2. The van der Waals surface area contributed by atoms with E-state index in [-0.39, 0.29) is 0 Å². The molecule has 1 saturated carbocycles. The van der Waals surface area contributed by atoms with E-state index in [1.54, 1.807) is 0 Å². The van der Waals surface area contributed by atoms with Crippen molar-refractivity contribution in [2.45, 2.75) is 25.8 Å². The zero-order valence-electron chi connectivity index (χ0n) is 8.06. The number of benzene rings is 1. The molecule has 3 heteroatoms. The summed E-state index contributed by atoms with van der Waals surface area (Å²) in [7, 11) is 0. The van der Waals surface area contributed by atoms with Crippen LogP contribution in [-0.4, -0.2) is 6.04 Å². The second-order valence-electron chi connectivity index (χ2n) is 4.04. The Morgan fingerprint density at radius 2 is 2.14 bits per heavy atom. The highest BCUT2D eigenvalue weighted by Crippen LogP contribution is 2.31. The molecule has 0 heterocycles. The van der Waals surface area contributed by atoms with E-state index in [0.717, 1.165) is 10.9 Å². The number of hydrogen-bond acceptors (Lipinski definition) is 1. The van der Waals surface area contributed by atoms with E-state index < -0.39 is 0 Å². The minimum atomic E-state index is 0.666. The lowest BCUT2D eigenvalue weighted by molar-refractivity contribution is 0.309. The van der Waals surface area contributed by atoms with Gasteiger partial charge < -0.3 is 5.32 Å². The molecule has 14 heavy (non-hydrogen) atoms. The molecule has 1 N–H and O–H groups in total. The van der Waals surface area contributed by atoms with Crippen LogP contribution in [0.3, 0.4) is 0 Å². The molecule has 0 saturated heterocycles. The molecule has 1 aliphatic rings. The fourth-order valence-electron chi connectivity index (χ4n) is 1.85. The van der Waals surface area contributed by atoms with Crippen molar-refractivity contribution >= 4 is 39.9 Å². The summed E-state index contributed by atoms with van der Waals surface area (Å²) in [5.74, 6) is 0.887. The third kappa shape index (κ3) is 2.34. The molecule has 76 valence electrons. The van der Waals surface area contributed by atoms with Gasteiger partial charge in [0.1, 0.15) is 0 Å². The average Bonchev–Trinajstić information content (AvgIpc) is 2.06. The van der Waals surface area contributed by atoms with Crippen molar-refractivity contribution in [3.8, 4) is 0 Å². The van der Waals surface area contributed by atoms with Crippen molar-refractivity contribution in [3.63, 3.8) is 0 Å². The van der Waals surface area contributed by atoms with Crippen LogP contribution in [0.4, 0.5) is 5.69 Å². The van der Waals surface area contributed by atoms with Crippen LogP contribution >= 0.6 is 34.2 Å². The van der Waals surface area contributed by atoms with Gasteiger partial charge in [-0.25, -0.2) is 0 Å². The van der Waals surface area contributed by atoms with E-state index in [2.05, 4.69) is 40.9 Å². The van der Waals surface area contributed by atoms with Crippen molar-refractivity contribution in [3.05, 3.63) is 26.8 Å². The van der Waals surface area contributed by atoms with Crippen LogP contribution in [0.2, 0.25) is 5.02 Å². The summed E-state index contributed by atoms with van der Waals surface area (Å²) in [6, 6.07) is 6.66. The Morgan fingerprint density at radius 3 is 2.71 bits per heavy atom. The molecule has 1 aromatic rings. The van der Waals surface area contributed by atoms with Crippen LogP contribution in [0.5, 0.6) is 0 Å². The molecule has 0 bridgehead atoms. The van der Waals surface area contributed by atoms with E-state index in [1.165, 1.54) is 22.1 Å². The summed E-state index contributed by atoms with van der Waals surface area (Å²) >= 11 is 8.21. The molecule has 0 atom stereocenters. The average molecular weight is 322 g/mol. The van der Waals surface area contributed by atoms with E-state index in [9.17, 15) is 0 Å². The Balaban J connectivity index is 2.02. The van der Waals surface area contributed by atoms with Crippen molar-refractivity contribution in [1.29, 1.82) is 0 Å². The molecule has 0 aromatic heterocycles. The van der Waals surface area contributed by atoms with Crippen molar-refractivity contribution in [2.24, 2.45) is 5.92 Å². The molecule has 0 amide bonds. The van der Waals surface area contributed by atoms with Gasteiger partial charge in [-0.15, -0.1) is 0 Å². The maximum absolute atomic E-state index is 5.89. The summed E-state index contributed by atoms with van der Waals surface area (Å²) < 4.78 is 1.20. The van der Waals surface area contributed by atoms with Crippen LogP contribution in [0.25, 0.3) is 0 Å². The molecule has 2 rings (SSSR count). The van der Waals surface area contributed by atoms with Gasteiger partial charge >= 0.3 is 0 Å². The minimum absolute atomic E-state index is 0.666. The molecule has 1 aromatic carbocycles. The van der Waals surface area contributed by atoms with Gasteiger partial charge in [0.2, 0.25) is 0 Å². The first-order chi connectivity index (χ1) is 6.65. The van der Waals surface area contributed by atoms with E-state index in [0.29, 0.717) is 6.04 Å². The lowest BCUT2D eigenvalue weighted by Gasteiger charge is -2.34. The van der Waals surface area contributed by atoms with Crippen LogP contribution in [-0.2, 0) is 0 Å². The van der Waals surface area contributed by atoms with Gasteiger partial charge in [0.15, 0.2) is 0 Å². The van der Waals surface area contributed by atoms with Crippen molar-refractivity contribution < 1.29 is 0 Å². The van der Waals surface area contributed by atoms with Gasteiger partial charge in [-0.1, -0.05) is 18.5 Å². The fourth-order valence-corrected chi connectivity index (χ4v) is 2.87. The SMILES string of the molecule is CC1CC(Nc2ccc(Cl)cc2I)C1. The Bertz CT molecular complexity index is 334. The monoisotopic (exact) mass is 321 g/mol. The van der Waals surface area contributed by atoms with Gasteiger partial charge in [-0.2, -0.15) is 0 Å². The zero-order chi connectivity index (χ0) is 10.1. The van der Waals surface area contributed by atoms with Crippen molar-refractivity contribution in [1.82, 2.24) is 0 Å². The van der Waals surface area contributed by atoms with E-state index >= 15 is 0 Å². The van der Waals surface area contributed by atoms with Gasteiger partial charge in [0.05, 0.1) is 0 Å². The fraction of sp³-hybridized carbons (Fsp3) is 0.455. The van der Waals surface area contributed by atoms with Crippen LogP contribution in [0.15, 0.2) is 18.2 Å². The van der Waals surface area contributed by atoms with Crippen LogP contribution in [0.1, 0.15) is 19.8 Å². The molecule has 0 spiro atoms. The first-order valence-electron chi connectivity index (χ1n) is 4.87. The Kier molecular flexibility index (Phi) is 3.22. The predicted octanol–water partition coefficient (Wildman–Crippen LogP) is 4.16. The molecule has 0 aliphatic heterocycles. The summed E-state index contributed by atoms with van der Waals surface area (Å²) in [4.78, 5) is 0. The topological polar surface area (TPSA) is 12.0 Å². The number of anilines is 1. The highest BCUT2D eigenvalue weighted by atomic mass is 127. The zero-order valence-corrected chi connectivity index (χ0v) is 11.0. The summed E-state index contributed by atoms with van der Waals surface area (Å²) in [5.41, 5.74) is 1.21.